The summed E-state index contributed by atoms with van der Waals surface area (Å²) in [5.41, 5.74) is 5.52. The molecule has 0 aromatic rings. The van der Waals surface area contributed by atoms with Crippen molar-refractivity contribution in [1.82, 2.24) is 10.6 Å². The van der Waals surface area contributed by atoms with Crippen molar-refractivity contribution in [2.24, 2.45) is 5.73 Å². The van der Waals surface area contributed by atoms with Crippen molar-refractivity contribution in [3.8, 4) is 0 Å². The van der Waals surface area contributed by atoms with Gasteiger partial charge in [0, 0.05) is 12.6 Å². The largest absolute Gasteiger partial charge is 0.329 e. The number of nitrogens with one attached hydrogen (secondary N) is 2. The first kappa shape index (κ1) is 10.9. The molecular weight excluding hydrogens is 138 g/mol. The van der Waals surface area contributed by atoms with E-state index >= 15 is 0 Å². The van der Waals surface area contributed by atoms with Gasteiger partial charge in [0.1, 0.15) is 0 Å². The smallest absolute Gasteiger partial charge is 0.0187 e. The van der Waals surface area contributed by atoms with Gasteiger partial charge in [-0.2, -0.15) is 0 Å². The third-order valence-corrected chi connectivity index (χ3v) is 1.81. The fraction of sp³-hybridized carbons (Fsp3) is 1.00. The third-order valence-electron chi connectivity index (χ3n) is 1.81. The van der Waals surface area contributed by atoms with Crippen LogP contribution in [-0.2, 0) is 0 Å². The molecule has 0 radical (unpaired) electrons. The maximum absolute atomic E-state index is 5.52. The molecule has 0 aliphatic heterocycles. The Kier molecular flexibility index (Phi) is 7.89. The Hall–Kier alpha value is -0.120. The summed E-state index contributed by atoms with van der Waals surface area (Å²) in [6.45, 7) is 5.04. The molecule has 0 aliphatic carbocycles. The predicted molar refractivity (Wildman–Crippen MR) is 49.7 cm³/mol. The van der Waals surface area contributed by atoms with E-state index in [1.165, 1.54) is 6.42 Å². The second kappa shape index (κ2) is 7.98. The molecule has 0 aliphatic rings. The van der Waals surface area contributed by atoms with Gasteiger partial charge in [-0.15, -0.1) is 0 Å². The molecule has 0 saturated heterocycles. The monoisotopic (exact) mass is 159 g/mol. The van der Waals surface area contributed by atoms with Crippen molar-refractivity contribution in [3.05, 3.63) is 0 Å². The zero-order chi connectivity index (χ0) is 8.53. The molecule has 0 fully saturated rings. The lowest BCUT2D eigenvalue weighted by atomic mass is 10.2. The summed E-state index contributed by atoms with van der Waals surface area (Å²) in [7, 11) is 1.97. The fourth-order valence-electron chi connectivity index (χ4n) is 0.966. The maximum atomic E-state index is 5.52. The molecule has 3 nitrogen and oxygen atoms in total. The highest BCUT2D eigenvalue weighted by atomic mass is 14.9. The first-order valence-electron chi connectivity index (χ1n) is 4.43. The second-order valence-corrected chi connectivity index (χ2v) is 2.75. The number of hydrogen-bond donors (Lipinski definition) is 3. The van der Waals surface area contributed by atoms with Crippen molar-refractivity contribution in [2.45, 2.75) is 25.8 Å². The summed E-state index contributed by atoms with van der Waals surface area (Å²) in [5.74, 6) is 0. The lowest BCUT2D eigenvalue weighted by molar-refractivity contribution is 0.494. The molecule has 1 unspecified atom stereocenters. The van der Waals surface area contributed by atoms with Crippen LogP contribution in [-0.4, -0.2) is 32.7 Å². The van der Waals surface area contributed by atoms with Gasteiger partial charge in [-0.3, -0.25) is 0 Å². The molecule has 1 atom stereocenters. The van der Waals surface area contributed by atoms with Crippen molar-refractivity contribution in [1.29, 1.82) is 0 Å². The topological polar surface area (TPSA) is 50.1 Å². The Morgan fingerprint density at radius 1 is 1.36 bits per heavy atom. The zero-order valence-corrected chi connectivity index (χ0v) is 7.69. The number of hydrogen-bond acceptors (Lipinski definition) is 3. The Morgan fingerprint density at radius 3 is 2.55 bits per heavy atom. The minimum Gasteiger partial charge on any atom is -0.329 e. The highest BCUT2D eigenvalue weighted by Gasteiger charge is 1.99. The Morgan fingerprint density at radius 2 is 2.09 bits per heavy atom. The van der Waals surface area contributed by atoms with E-state index in [4.69, 9.17) is 5.73 Å². The van der Waals surface area contributed by atoms with Crippen LogP contribution in [0.25, 0.3) is 0 Å². The lowest BCUT2D eigenvalue weighted by Gasteiger charge is -2.13. The van der Waals surface area contributed by atoms with E-state index in [2.05, 4.69) is 17.6 Å². The van der Waals surface area contributed by atoms with Gasteiger partial charge in [-0.05, 0) is 33.0 Å². The van der Waals surface area contributed by atoms with E-state index in [1.807, 2.05) is 7.05 Å². The molecule has 0 saturated carbocycles. The zero-order valence-electron chi connectivity index (χ0n) is 7.69. The molecule has 0 heterocycles. The first-order valence-corrected chi connectivity index (χ1v) is 4.43. The van der Waals surface area contributed by atoms with Gasteiger partial charge in [0.2, 0.25) is 0 Å². The summed E-state index contributed by atoms with van der Waals surface area (Å²) in [4.78, 5) is 0. The summed E-state index contributed by atoms with van der Waals surface area (Å²) >= 11 is 0. The van der Waals surface area contributed by atoms with Crippen LogP contribution in [0.15, 0.2) is 0 Å². The van der Waals surface area contributed by atoms with Crippen LogP contribution >= 0.6 is 0 Å². The third kappa shape index (κ3) is 6.28. The fourth-order valence-corrected chi connectivity index (χ4v) is 0.966. The van der Waals surface area contributed by atoms with Gasteiger partial charge in [0.15, 0.2) is 0 Å². The molecule has 0 bridgehead atoms. The maximum Gasteiger partial charge on any atom is 0.0187 e. The van der Waals surface area contributed by atoms with Gasteiger partial charge in [0.25, 0.3) is 0 Å². The molecule has 0 amide bonds. The molecule has 4 N–H and O–H groups in total. The molecule has 0 aromatic heterocycles. The van der Waals surface area contributed by atoms with Crippen molar-refractivity contribution < 1.29 is 0 Å². The van der Waals surface area contributed by atoms with Crippen LogP contribution in [0.1, 0.15) is 19.8 Å². The standard InChI is InChI=1S/C8H21N3/c1-3-8(7-9)11-6-4-5-10-2/h8,10-11H,3-7,9H2,1-2H3. The number of nitrogens with two attached hydrogens (primary N) is 1. The highest BCUT2D eigenvalue weighted by Crippen LogP contribution is 1.86. The van der Waals surface area contributed by atoms with E-state index in [0.29, 0.717) is 6.04 Å². The highest BCUT2D eigenvalue weighted by molar-refractivity contribution is 4.64. The van der Waals surface area contributed by atoms with Crippen LogP contribution in [0.5, 0.6) is 0 Å². The van der Waals surface area contributed by atoms with E-state index in [9.17, 15) is 0 Å². The minimum absolute atomic E-state index is 0.506. The summed E-state index contributed by atoms with van der Waals surface area (Å²) in [5, 5.41) is 6.50. The SMILES string of the molecule is CCC(CN)NCCCNC. The van der Waals surface area contributed by atoms with Gasteiger partial charge in [-0.1, -0.05) is 6.92 Å². The van der Waals surface area contributed by atoms with Crippen molar-refractivity contribution in [2.75, 3.05) is 26.7 Å². The van der Waals surface area contributed by atoms with E-state index < -0.39 is 0 Å². The molecule has 11 heavy (non-hydrogen) atoms. The van der Waals surface area contributed by atoms with Crippen LogP contribution in [0.3, 0.4) is 0 Å². The summed E-state index contributed by atoms with van der Waals surface area (Å²) < 4.78 is 0. The Labute approximate surface area is 69.7 Å². The molecule has 68 valence electrons. The number of rotatable bonds is 7. The summed E-state index contributed by atoms with van der Waals surface area (Å²) in [6.07, 6.45) is 2.29. The normalized spacial score (nSPS) is 13.4. The average molecular weight is 159 g/mol. The molecule has 0 spiro atoms. The van der Waals surface area contributed by atoms with E-state index in [1.54, 1.807) is 0 Å². The van der Waals surface area contributed by atoms with Gasteiger partial charge < -0.3 is 16.4 Å². The Bertz CT molecular complexity index is 71.7. The average Bonchev–Trinajstić information content (AvgIpc) is 2.05. The summed E-state index contributed by atoms with van der Waals surface area (Å²) in [6, 6.07) is 0.506. The molecule has 0 rings (SSSR count). The predicted octanol–water partition coefficient (Wildman–Crippen LogP) is -0.0772. The van der Waals surface area contributed by atoms with Gasteiger partial charge >= 0.3 is 0 Å². The van der Waals surface area contributed by atoms with Crippen molar-refractivity contribution in [3.63, 3.8) is 0 Å². The Balaban J connectivity index is 3.07. The molecule has 3 heteroatoms. The van der Waals surface area contributed by atoms with Crippen LogP contribution in [0, 0.1) is 0 Å². The molecular formula is C8H21N3. The van der Waals surface area contributed by atoms with E-state index in [0.717, 1.165) is 26.1 Å². The second-order valence-electron chi connectivity index (χ2n) is 2.75. The molecule has 0 aromatic carbocycles. The quantitative estimate of drug-likeness (QED) is 0.456. The van der Waals surface area contributed by atoms with Gasteiger partial charge in [-0.25, -0.2) is 0 Å². The van der Waals surface area contributed by atoms with Crippen molar-refractivity contribution >= 4 is 0 Å². The van der Waals surface area contributed by atoms with Crippen LogP contribution in [0.2, 0.25) is 0 Å². The minimum atomic E-state index is 0.506. The van der Waals surface area contributed by atoms with Crippen LogP contribution in [0.4, 0.5) is 0 Å². The lowest BCUT2D eigenvalue weighted by Crippen LogP contribution is -2.36. The van der Waals surface area contributed by atoms with Crippen LogP contribution < -0.4 is 16.4 Å². The van der Waals surface area contributed by atoms with Gasteiger partial charge in [0.05, 0.1) is 0 Å². The van der Waals surface area contributed by atoms with E-state index in [-0.39, 0.29) is 0 Å². The first-order chi connectivity index (χ1) is 5.35.